The molecule has 0 unspecified atom stereocenters. The molecule has 0 atom stereocenters. The smallest absolute Gasteiger partial charge is 0.338 e. The van der Waals surface area contributed by atoms with Gasteiger partial charge in [-0.1, -0.05) is 37.4 Å². The number of rotatable bonds is 6. The molecular formula is C26H20F2O4. The van der Waals surface area contributed by atoms with Gasteiger partial charge in [-0.3, -0.25) is 0 Å². The summed E-state index contributed by atoms with van der Waals surface area (Å²) in [6.45, 7) is 10.0. The molecule has 0 saturated carbocycles. The van der Waals surface area contributed by atoms with E-state index in [9.17, 15) is 18.4 Å². The number of ether oxygens (including phenoxy) is 2. The second kappa shape index (κ2) is 9.39. The Kier molecular flexibility index (Phi) is 6.64. The molecule has 3 aromatic rings. The molecule has 0 aliphatic carbocycles. The quantitative estimate of drug-likeness (QED) is 0.261. The summed E-state index contributed by atoms with van der Waals surface area (Å²) in [7, 11) is 0. The number of hydrogen-bond acceptors (Lipinski definition) is 4. The highest BCUT2D eigenvalue weighted by molar-refractivity contribution is 5.89. The lowest BCUT2D eigenvalue weighted by Crippen LogP contribution is -2.08. The number of esters is 2. The van der Waals surface area contributed by atoms with Crippen LogP contribution in [-0.2, 0) is 9.59 Å². The summed E-state index contributed by atoms with van der Waals surface area (Å²) in [6.07, 6.45) is 0. The minimum atomic E-state index is -0.659. The van der Waals surface area contributed by atoms with Crippen LogP contribution in [0.5, 0.6) is 11.5 Å². The van der Waals surface area contributed by atoms with Gasteiger partial charge in [0.15, 0.2) is 0 Å². The van der Waals surface area contributed by atoms with Crippen LogP contribution in [0.2, 0.25) is 0 Å². The average molecular weight is 434 g/mol. The van der Waals surface area contributed by atoms with Gasteiger partial charge in [-0.2, -0.15) is 0 Å². The highest BCUT2D eigenvalue weighted by Gasteiger charge is 2.13. The monoisotopic (exact) mass is 434 g/mol. The third kappa shape index (κ3) is 5.16. The van der Waals surface area contributed by atoms with Gasteiger partial charge in [0.2, 0.25) is 0 Å². The van der Waals surface area contributed by atoms with E-state index >= 15 is 0 Å². The number of halogens is 2. The van der Waals surface area contributed by atoms with E-state index in [1.807, 2.05) is 0 Å². The van der Waals surface area contributed by atoms with Gasteiger partial charge in [-0.05, 0) is 55.3 Å². The Hall–Kier alpha value is -4.06. The first-order valence-corrected chi connectivity index (χ1v) is 9.61. The predicted octanol–water partition coefficient (Wildman–Crippen LogP) is 6.26. The normalized spacial score (nSPS) is 10.4. The lowest BCUT2D eigenvalue weighted by Gasteiger charge is -2.10. The Morgan fingerprint density at radius 2 is 1.09 bits per heavy atom. The molecule has 0 N–H and O–H groups in total. The molecule has 4 nitrogen and oxygen atoms in total. The second-order valence-electron chi connectivity index (χ2n) is 7.20. The largest absolute Gasteiger partial charge is 0.423 e. The van der Waals surface area contributed by atoms with E-state index in [1.165, 1.54) is 31.2 Å². The van der Waals surface area contributed by atoms with E-state index in [-0.39, 0.29) is 22.5 Å². The zero-order chi connectivity index (χ0) is 23.4. The van der Waals surface area contributed by atoms with Crippen molar-refractivity contribution in [2.45, 2.75) is 13.8 Å². The lowest BCUT2D eigenvalue weighted by molar-refractivity contribution is -0.130. The van der Waals surface area contributed by atoms with Gasteiger partial charge in [0.1, 0.15) is 23.1 Å². The number of hydrogen-bond donors (Lipinski definition) is 0. The molecule has 0 fully saturated rings. The Balaban J connectivity index is 1.82. The molecule has 32 heavy (non-hydrogen) atoms. The molecule has 0 aromatic heterocycles. The molecule has 0 aliphatic rings. The zero-order valence-corrected chi connectivity index (χ0v) is 17.6. The van der Waals surface area contributed by atoms with Crippen molar-refractivity contribution in [3.05, 3.63) is 96.6 Å². The first-order chi connectivity index (χ1) is 15.2. The van der Waals surface area contributed by atoms with E-state index in [0.717, 1.165) is 6.07 Å². The van der Waals surface area contributed by atoms with Gasteiger partial charge in [-0.15, -0.1) is 0 Å². The third-order valence-electron chi connectivity index (χ3n) is 4.50. The molecule has 6 heteroatoms. The summed E-state index contributed by atoms with van der Waals surface area (Å²) >= 11 is 0. The van der Waals surface area contributed by atoms with E-state index in [4.69, 9.17) is 9.47 Å². The number of carbonyl (C=O) groups is 2. The van der Waals surface area contributed by atoms with Crippen molar-refractivity contribution in [1.29, 1.82) is 0 Å². The predicted molar refractivity (Wildman–Crippen MR) is 118 cm³/mol. The molecule has 0 saturated heterocycles. The molecule has 0 bridgehead atoms. The standard InChI is InChI=1S/C26H20F2O4/c1-15(2)25(29)31-19-8-5-17(6-9-19)21-11-7-18(13-23(21)27)22-12-10-20(14-24(22)28)32-26(30)16(3)4/h5-14H,1,3H2,2,4H3. The topological polar surface area (TPSA) is 52.6 Å². The number of carbonyl (C=O) groups excluding carboxylic acids is 2. The molecule has 0 amide bonds. The van der Waals surface area contributed by atoms with Gasteiger partial charge in [0.25, 0.3) is 0 Å². The minimum absolute atomic E-state index is 0.0313. The van der Waals surface area contributed by atoms with Crippen molar-refractivity contribution in [2.24, 2.45) is 0 Å². The molecule has 0 spiro atoms. The van der Waals surface area contributed by atoms with Crippen molar-refractivity contribution in [3.63, 3.8) is 0 Å². The van der Waals surface area contributed by atoms with Crippen molar-refractivity contribution in [2.75, 3.05) is 0 Å². The lowest BCUT2D eigenvalue weighted by atomic mass is 9.99. The van der Waals surface area contributed by atoms with Gasteiger partial charge < -0.3 is 9.47 Å². The highest BCUT2D eigenvalue weighted by Crippen LogP contribution is 2.31. The van der Waals surface area contributed by atoms with Crippen LogP contribution in [0, 0.1) is 11.6 Å². The summed E-state index contributed by atoms with van der Waals surface area (Å²) in [5.74, 6) is -2.07. The van der Waals surface area contributed by atoms with Crippen LogP contribution in [0.4, 0.5) is 8.78 Å². The van der Waals surface area contributed by atoms with E-state index < -0.39 is 23.6 Å². The van der Waals surface area contributed by atoms with Crippen molar-refractivity contribution in [3.8, 4) is 33.8 Å². The maximum Gasteiger partial charge on any atom is 0.338 e. The highest BCUT2D eigenvalue weighted by atomic mass is 19.1. The maximum absolute atomic E-state index is 14.8. The summed E-state index contributed by atoms with van der Waals surface area (Å²) in [4.78, 5) is 23.2. The van der Waals surface area contributed by atoms with Crippen LogP contribution in [-0.4, -0.2) is 11.9 Å². The number of benzene rings is 3. The first kappa shape index (κ1) is 22.6. The fourth-order valence-electron chi connectivity index (χ4n) is 2.80. The Morgan fingerprint density at radius 3 is 1.62 bits per heavy atom. The van der Waals surface area contributed by atoms with E-state index in [0.29, 0.717) is 22.4 Å². The van der Waals surface area contributed by atoms with Crippen LogP contribution in [0.25, 0.3) is 22.3 Å². The third-order valence-corrected chi connectivity index (χ3v) is 4.50. The minimum Gasteiger partial charge on any atom is -0.423 e. The first-order valence-electron chi connectivity index (χ1n) is 9.61. The van der Waals surface area contributed by atoms with Crippen LogP contribution < -0.4 is 9.47 Å². The summed E-state index contributed by atoms with van der Waals surface area (Å²) < 4.78 is 39.5. The fourth-order valence-corrected chi connectivity index (χ4v) is 2.80. The molecule has 0 radical (unpaired) electrons. The van der Waals surface area contributed by atoms with Crippen LogP contribution >= 0.6 is 0 Å². The molecule has 162 valence electrons. The fraction of sp³-hybridized carbons (Fsp3) is 0.0769. The summed E-state index contributed by atoms with van der Waals surface area (Å²) in [6, 6.07) is 14.6. The summed E-state index contributed by atoms with van der Waals surface area (Å²) in [5.41, 5.74) is 1.81. The average Bonchev–Trinajstić information content (AvgIpc) is 2.74. The SMILES string of the molecule is C=C(C)C(=O)Oc1ccc(-c2ccc(-c3ccc(OC(=O)C(=C)C)cc3F)cc2F)cc1. The second-order valence-corrected chi connectivity index (χ2v) is 7.20. The Labute approximate surface area is 184 Å². The van der Waals surface area contributed by atoms with Crippen LogP contribution in [0.1, 0.15) is 13.8 Å². The van der Waals surface area contributed by atoms with Gasteiger partial charge >= 0.3 is 11.9 Å². The summed E-state index contributed by atoms with van der Waals surface area (Å²) in [5, 5.41) is 0. The molecule has 3 aromatic carbocycles. The molecular weight excluding hydrogens is 414 g/mol. The Morgan fingerprint density at radius 1 is 0.656 bits per heavy atom. The van der Waals surface area contributed by atoms with Gasteiger partial charge in [0.05, 0.1) is 0 Å². The van der Waals surface area contributed by atoms with E-state index in [1.54, 1.807) is 37.3 Å². The van der Waals surface area contributed by atoms with Gasteiger partial charge in [-0.25, -0.2) is 18.4 Å². The molecule has 3 rings (SSSR count). The van der Waals surface area contributed by atoms with Crippen molar-refractivity contribution < 1.29 is 27.8 Å². The van der Waals surface area contributed by atoms with Crippen LogP contribution in [0.3, 0.4) is 0 Å². The maximum atomic E-state index is 14.8. The van der Waals surface area contributed by atoms with Crippen molar-refractivity contribution >= 4 is 11.9 Å². The van der Waals surface area contributed by atoms with E-state index in [2.05, 4.69) is 13.2 Å². The van der Waals surface area contributed by atoms with Crippen molar-refractivity contribution in [1.82, 2.24) is 0 Å². The molecule has 0 aliphatic heterocycles. The zero-order valence-electron chi connectivity index (χ0n) is 17.6. The van der Waals surface area contributed by atoms with Crippen LogP contribution in [0.15, 0.2) is 85.0 Å². The van der Waals surface area contributed by atoms with Gasteiger partial charge in [0, 0.05) is 28.3 Å². The molecule has 0 heterocycles. The Bertz CT molecular complexity index is 1230.